The molecule has 0 saturated carbocycles. The zero-order valence-corrected chi connectivity index (χ0v) is 11.1. The van der Waals surface area contributed by atoms with Crippen molar-refractivity contribution in [1.82, 2.24) is 14.8 Å². The smallest absolute Gasteiger partial charge is 0.140 e. The topological polar surface area (TPSA) is 59.1 Å². The van der Waals surface area contributed by atoms with Gasteiger partial charge in [-0.1, -0.05) is 12.1 Å². The number of aromatic nitrogens is 2. The average molecular weight is 257 g/mol. The van der Waals surface area contributed by atoms with Gasteiger partial charge in [0.1, 0.15) is 12.5 Å². The number of nitrogen functional groups attached to an aromatic ring is 1. The largest absolute Gasteiger partial charge is 0.399 e. The number of fused-ring (bicyclic) bond motifs is 1. The number of aryl methyl sites for hydroxylation is 2. The summed E-state index contributed by atoms with van der Waals surface area (Å²) < 4.78 is 2.00. The maximum atomic E-state index is 5.68. The molecule has 0 unspecified atom stereocenters. The third-order valence-corrected chi connectivity index (χ3v) is 3.35. The van der Waals surface area contributed by atoms with E-state index >= 15 is 0 Å². The van der Waals surface area contributed by atoms with Crippen LogP contribution >= 0.6 is 0 Å². The van der Waals surface area contributed by atoms with E-state index in [4.69, 9.17) is 5.73 Å². The molecule has 0 radical (unpaired) electrons. The molecule has 3 rings (SSSR count). The first kappa shape index (κ1) is 12.0. The van der Waals surface area contributed by atoms with Crippen LogP contribution in [0.1, 0.15) is 17.7 Å². The molecule has 3 N–H and O–H groups in total. The first-order valence-electron chi connectivity index (χ1n) is 6.61. The lowest BCUT2D eigenvalue weighted by Crippen LogP contribution is -2.26. The molecule has 0 aliphatic carbocycles. The van der Waals surface area contributed by atoms with E-state index in [1.54, 1.807) is 0 Å². The summed E-state index contributed by atoms with van der Waals surface area (Å²) in [5, 5.41) is 6.61. The predicted octanol–water partition coefficient (Wildman–Crippen LogP) is 2.01. The molecule has 0 amide bonds. The van der Waals surface area contributed by atoms with Gasteiger partial charge < -0.3 is 11.2 Å². The maximum absolute atomic E-state index is 5.68. The maximum Gasteiger partial charge on any atom is 0.140 e. The molecular formula is C14H19N5. The van der Waals surface area contributed by atoms with E-state index in [0.29, 0.717) is 0 Å². The molecule has 5 nitrogen and oxygen atoms in total. The van der Waals surface area contributed by atoms with Crippen LogP contribution in [0.5, 0.6) is 0 Å². The number of hydrogen-bond donors (Lipinski definition) is 2. The van der Waals surface area contributed by atoms with Gasteiger partial charge in [0.25, 0.3) is 0 Å². The number of benzene rings is 1. The Morgan fingerprint density at radius 2 is 2.11 bits per heavy atom. The van der Waals surface area contributed by atoms with Crippen LogP contribution in [0.25, 0.3) is 0 Å². The van der Waals surface area contributed by atoms with Crippen LogP contribution in [0, 0.1) is 6.92 Å². The summed E-state index contributed by atoms with van der Waals surface area (Å²) in [5.74, 6) is 1.09. The third kappa shape index (κ3) is 2.71. The van der Waals surface area contributed by atoms with Gasteiger partial charge in [0.05, 0.1) is 5.69 Å². The highest BCUT2D eigenvalue weighted by atomic mass is 15.7. The van der Waals surface area contributed by atoms with E-state index in [1.807, 2.05) is 23.7 Å². The average Bonchev–Trinajstić information content (AvgIpc) is 2.88. The summed E-state index contributed by atoms with van der Waals surface area (Å²) in [4.78, 5) is 0. The minimum absolute atomic E-state index is 0.824. The van der Waals surface area contributed by atoms with E-state index in [9.17, 15) is 0 Å². The first-order valence-corrected chi connectivity index (χ1v) is 6.61. The number of nitrogens with zero attached hydrogens (tertiary/aromatic N) is 3. The summed E-state index contributed by atoms with van der Waals surface area (Å²) >= 11 is 0. The van der Waals surface area contributed by atoms with Crippen molar-refractivity contribution in [1.29, 1.82) is 0 Å². The Kier molecular flexibility index (Phi) is 3.13. The minimum atomic E-state index is 0.824. The van der Waals surface area contributed by atoms with Crippen LogP contribution in [0.3, 0.4) is 0 Å². The molecular weight excluding hydrogens is 238 g/mol. The Morgan fingerprint density at radius 3 is 2.84 bits per heavy atom. The van der Waals surface area contributed by atoms with Gasteiger partial charge in [-0.2, -0.15) is 5.10 Å². The fourth-order valence-corrected chi connectivity index (χ4v) is 2.39. The van der Waals surface area contributed by atoms with Crippen molar-refractivity contribution < 1.29 is 0 Å². The summed E-state index contributed by atoms with van der Waals surface area (Å²) in [5.41, 5.74) is 12.3. The van der Waals surface area contributed by atoms with E-state index in [-0.39, 0.29) is 0 Å². The minimum Gasteiger partial charge on any atom is -0.399 e. The Labute approximate surface area is 113 Å². The molecule has 0 atom stereocenters. The fourth-order valence-electron chi connectivity index (χ4n) is 2.39. The van der Waals surface area contributed by atoms with Gasteiger partial charge in [0.15, 0.2) is 0 Å². The van der Waals surface area contributed by atoms with Crippen molar-refractivity contribution in [3.8, 4) is 0 Å². The summed E-state index contributed by atoms with van der Waals surface area (Å²) in [7, 11) is 0. The van der Waals surface area contributed by atoms with Crippen LogP contribution in [-0.2, 0) is 13.1 Å². The van der Waals surface area contributed by atoms with E-state index in [1.165, 1.54) is 5.56 Å². The Morgan fingerprint density at radius 1 is 1.32 bits per heavy atom. The normalized spacial score (nSPS) is 14.4. The van der Waals surface area contributed by atoms with Gasteiger partial charge in [-0.3, -0.25) is 0 Å². The van der Waals surface area contributed by atoms with Gasteiger partial charge in [0.2, 0.25) is 0 Å². The molecule has 1 aliphatic heterocycles. The lowest BCUT2D eigenvalue weighted by atomic mass is 10.1. The standard InChI is InChI=1S/C14H19N5/c1-11-9-14-17-18(10-19(14)16-11)8-2-3-12-4-6-13(15)7-5-12/h4-7,9,17H,2-3,8,10,15H2,1H3. The van der Waals surface area contributed by atoms with E-state index in [0.717, 1.165) is 43.3 Å². The monoisotopic (exact) mass is 257 g/mol. The highest BCUT2D eigenvalue weighted by Crippen LogP contribution is 2.18. The molecule has 1 aliphatic rings. The van der Waals surface area contributed by atoms with Gasteiger partial charge >= 0.3 is 0 Å². The van der Waals surface area contributed by atoms with Crippen molar-refractivity contribution in [2.45, 2.75) is 26.4 Å². The highest BCUT2D eigenvalue weighted by Gasteiger charge is 2.18. The molecule has 0 fully saturated rings. The van der Waals surface area contributed by atoms with E-state index < -0.39 is 0 Å². The second-order valence-corrected chi connectivity index (χ2v) is 5.03. The second kappa shape index (κ2) is 4.93. The van der Waals surface area contributed by atoms with Crippen LogP contribution in [-0.4, -0.2) is 21.3 Å². The fraction of sp³-hybridized carbons (Fsp3) is 0.357. The number of hydrazine groups is 1. The Balaban J connectivity index is 1.47. The van der Waals surface area contributed by atoms with Crippen LogP contribution < -0.4 is 11.2 Å². The summed E-state index contributed by atoms with van der Waals surface area (Å²) in [6.45, 7) is 3.84. The second-order valence-electron chi connectivity index (χ2n) is 5.03. The quantitative estimate of drug-likeness (QED) is 0.823. The number of nitrogens with two attached hydrogens (primary N) is 1. The number of anilines is 2. The molecule has 5 heteroatoms. The van der Waals surface area contributed by atoms with Gasteiger partial charge in [0, 0.05) is 18.3 Å². The van der Waals surface area contributed by atoms with Crippen LogP contribution in [0.2, 0.25) is 0 Å². The molecule has 0 bridgehead atoms. The molecule has 1 aromatic carbocycles. The number of rotatable bonds is 4. The number of hydrogen-bond acceptors (Lipinski definition) is 4. The lowest BCUT2D eigenvalue weighted by Gasteiger charge is -2.14. The molecule has 100 valence electrons. The summed E-state index contributed by atoms with van der Waals surface area (Å²) in [6, 6.07) is 10.2. The first-order chi connectivity index (χ1) is 9.20. The molecule has 0 saturated heterocycles. The molecule has 2 heterocycles. The Bertz CT molecular complexity index is 534. The molecule has 2 aromatic rings. The third-order valence-electron chi connectivity index (χ3n) is 3.35. The molecule has 19 heavy (non-hydrogen) atoms. The van der Waals surface area contributed by atoms with Crippen molar-refractivity contribution >= 4 is 11.5 Å². The zero-order valence-electron chi connectivity index (χ0n) is 11.1. The van der Waals surface area contributed by atoms with Crippen molar-refractivity contribution in [2.24, 2.45) is 0 Å². The van der Waals surface area contributed by atoms with Gasteiger partial charge in [-0.25, -0.2) is 9.69 Å². The number of nitrogens with one attached hydrogen (secondary N) is 1. The molecule has 1 aromatic heterocycles. The predicted molar refractivity (Wildman–Crippen MR) is 76.5 cm³/mol. The van der Waals surface area contributed by atoms with Gasteiger partial charge in [-0.05, 0) is 37.5 Å². The van der Waals surface area contributed by atoms with Gasteiger partial charge in [-0.15, -0.1) is 0 Å². The van der Waals surface area contributed by atoms with Crippen LogP contribution in [0.15, 0.2) is 30.3 Å². The molecule has 0 spiro atoms. The Hall–Kier alpha value is -2.01. The zero-order chi connectivity index (χ0) is 13.2. The van der Waals surface area contributed by atoms with Crippen molar-refractivity contribution in [3.63, 3.8) is 0 Å². The van der Waals surface area contributed by atoms with Crippen LogP contribution in [0.4, 0.5) is 11.5 Å². The summed E-state index contributed by atoms with van der Waals surface area (Å²) in [6.07, 6.45) is 2.18. The lowest BCUT2D eigenvalue weighted by molar-refractivity contribution is 0.287. The van der Waals surface area contributed by atoms with Crippen molar-refractivity contribution in [2.75, 3.05) is 17.7 Å². The SMILES string of the molecule is Cc1cc2n(n1)CN(CCCc1ccc(N)cc1)N2. The van der Waals surface area contributed by atoms with Crippen molar-refractivity contribution in [3.05, 3.63) is 41.6 Å². The van der Waals surface area contributed by atoms with E-state index in [2.05, 4.69) is 33.7 Å². The highest BCUT2D eigenvalue weighted by molar-refractivity contribution is 5.39.